The molecule has 0 saturated heterocycles. The number of rotatable bonds is 7. The first-order chi connectivity index (χ1) is 11.2. The zero-order valence-corrected chi connectivity index (χ0v) is 15.2. The molecular formula is C17H26N4OS. The quantitative estimate of drug-likeness (QED) is 0.602. The summed E-state index contributed by atoms with van der Waals surface area (Å²) in [6.45, 7) is 7.92. The van der Waals surface area contributed by atoms with Crippen LogP contribution in [0.4, 0.5) is 0 Å². The molecular weight excluding hydrogens is 308 g/mol. The van der Waals surface area contributed by atoms with Crippen molar-refractivity contribution in [2.75, 3.05) is 13.6 Å². The molecule has 2 aromatic rings. The van der Waals surface area contributed by atoms with E-state index in [0.29, 0.717) is 12.5 Å². The second-order valence-electron chi connectivity index (χ2n) is 5.50. The van der Waals surface area contributed by atoms with Crippen LogP contribution in [0.2, 0.25) is 0 Å². The second kappa shape index (κ2) is 8.72. The lowest BCUT2D eigenvalue weighted by atomic mass is 10.1. The van der Waals surface area contributed by atoms with Gasteiger partial charge < -0.3 is 15.2 Å². The molecule has 0 aliphatic heterocycles. The first-order valence-electron chi connectivity index (χ1n) is 8.12. The molecule has 0 amide bonds. The fraction of sp³-hybridized carbons (Fsp3) is 0.529. The standard InChI is InChI=1S/C17H26N4OS/c1-5-15-14(16(6-2)22-21-15)10-20-17(18-4)19-9-12(3)13-7-8-23-11-13/h7-8,11-12H,5-6,9-10H2,1-4H3,(H2,18,19,20). The van der Waals surface area contributed by atoms with Crippen LogP contribution >= 0.6 is 11.3 Å². The molecule has 2 N–H and O–H groups in total. The van der Waals surface area contributed by atoms with Gasteiger partial charge in [-0.25, -0.2) is 0 Å². The number of hydrogen-bond donors (Lipinski definition) is 2. The Labute approximate surface area is 142 Å². The van der Waals surface area contributed by atoms with Crippen LogP contribution in [0.1, 0.15) is 49.3 Å². The van der Waals surface area contributed by atoms with Crippen molar-refractivity contribution in [2.24, 2.45) is 4.99 Å². The van der Waals surface area contributed by atoms with Crippen LogP contribution in [-0.4, -0.2) is 24.7 Å². The highest BCUT2D eigenvalue weighted by molar-refractivity contribution is 7.07. The van der Waals surface area contributed by atoms with Gasteiger partial charge in [0.2, 0.25) is 0 Å². The Morgan fingerprint density at radius 3 is 2.78 bits per heavy atom. The van der Waals surface area contributed by atoms with E-state index in [1.54, 1.807) is 18.4 Å². The Bertz CT molecular complexity index is 597. The zero-order chi connectivity index (χ0) is 16.7. The molecule has 6 heteroatoms. The summed E-state index contributed by atoms with van der Waals surface area (Å²) >= 11 is 1.73. The maximum absolute atomic E-state index is 5.40. The molecule has 2 aromatic heterocycles. The maximum Gasteiger partial charge on any atom is 0.191 e. The average molecular weight is 334 g/mol. The lowest BCUT2D eigenvalue weighted by Gasteiger charge is -2.15. The Morgan fingerprint density at radius 2 is 2.17 bits per heavy atom. The number of aromatic nitrogens is 1. The molecule has 0 fully saturated rings. The van der Waals surface area contributed by atoms with Gasteiger partial charge in [-0.05, 0) is 34.7 Å². The van der Waals surface area contributed by atoms with E-state index in [9.17, 15) is 0 Å². The summed E-state index contributed by atoms with van der Waals surface area (Å²) in [5.41, 5.74) is 3.54. The monoisotopic (exact) mass is 334 g/mol. The van der Waals surface area contributed by atoms with Gasteiger partial charge in [-0.1, -0.05) is 25.9 Å². The third kappa shape index (κ3) is 4.58. The van der Waals surface area contributed by atoms with E-state index in [2.05, 4.69) is 58.4 Å². The van der Waals surface area contributed by atoms with Gasteiger partial charge in [0.1, 0.15) is 5.76 Å². The van der Waals surface area contributed by atoms with Gasteiger partial charge in [0.15, 0.2) is 5.96 Å². The summed E-state index contributed by atoms with van der Waals surface area (Å²) in [5.74, 6) is 2.21. The summed E-state index contributed by atoms with van der Waals surface area (Å²) in [4.78, 5) is 4.30. The van der Waals surface area contributed by atoms with E-state index in [1.165, 1.54) is 5.56 Å². The molecule has 1 atom stereocenters. The first kappa shape index (κ1) is 17.5. The summed E-state index contributed by atoms with van der Waals surface area (Å²) in [6.07, 6.45) is 1.73. The van der Waals surface area contributed by atoms with Crippen LogP contribution in [0.15, 0.2) is 26.3 Å². The van der Waals surface area contributed by atoms with E-state index in [1.807, 2.05) is 0 Å². The van der Waals surface area contributed by atoms with Gasteiger partial charge in [0, 0.05) is 32.1 Å². The minimum absolute atomic E-state index is 0.452. The second-order valence-corrected chi connectivity index (χ2v) is 6.28. The van der Waals surface area contributed by atoms with Gasteiger partial charge >= 0.3 is 0 Å². The van der Waals surface area contributed by atoms with E-state index in [-0.39, 0.29) is 0 Å². The third-order valence-corrected chi connectivity index (χ3v) is 4.65. The molecule has 2 rings (SSSR count). The number of aliphatic imine (C=N–C) groups is 1. The maximum atomic E-state index is 5.40. The van der Waals surface area contributed by atoms with Gasteiger partial charge in [0.05, 0.1) is 5.69 Å². The predicted octanol–water partition coefficient (Wildman–Crippen LogP) is 3.33. The van der Waals surface area contributed by atoms with Crippen molar-refractivity contribution in [3.05, 3.63) is 39.4 Å². The summed E-state index contributed by atoms with van der Waals surface area (Å²) in [6, 6.07) is 2.17. The molecule has 0 saturated carbocycles. The lowest BCUT2D eigenvalue weighted by Crippen LogP contribution is -2.38. The molecule has 23 heavy (non-hydrogen) atoms. The van der Waals surface area contributed by atoms with Crippen LogP contribution in [-0.2, 0) is 19.4 Å². The van der Waals surface area contributed by atoms with Gasteiger partial charge in [-0.2, -0.15) is 11.3 Å². The number of nitrogens with zero attached hydrogens (tertiary/aromatic N) is 2. The normalized spacial score (nSPS) is 13.1. The van der Waals surface area contributed by atoms with Crippen LogP contribution < -0.4 is 10.6 Å². The minimum Gasteiger partial charge on any atom is -0.361 e. The molecule has 126 valence electrons. The minimum atomic E-state index is 0.452. The lowest BCUT2D eigenvalue weighted by molar-refractivity contribution is 0.380. The highest BCUT2D eigenvalue weighted by Crippen LogP contribution is 2.17. The smallest absolute Gasteiger partial charge is 0.191 e. The van der Waals surface area contributed by atoms with Gasteiger partial charge in [-0.3, -0.25) is 4.99 Å². The Hall–Kier alpha value is -1.82. The van der Waals surface area contributed by atoms with Gasteiger partial charge in [0.25, 0.3) is 0 Å². The molecule has 0 bridgehead atoms. The van der Waals surface area contributed by atoms with Crippen molar-refractivity contribution >= 4 is 17.3 Å². The number of nitrogens with one attached hydrogen (secondary N) is 2. The average Bonchev–Trinajstić information content (AvgIpc) is 3.23. The molecule has 0 aliphatic carbocycles. The fourth-order valence-corrected chi connectivity index (χ4v) is 3.24. The summed E-state index contributed by atoms with van der Waals surface area (Å²) in [7, 11) is 1.79. The van der Waals surface area contributed by atoms with E-state index in [0.717, 1.165) is 42.4 Å². The first-order valence-corrected chi connectivity index (χ1v) is 9.06. The zero-order valence-electron chi connectivity index (χ0n) is 14.3. The topological polar surface area (TPSA) is 62.5 Å². The number of aryl methyl sites for hydroxylation is 2. The van der Waals surface area contributed by atoms with Crippen LogP contribution in [0, 0.1) is 0 Å². The number of thiophene rings is 1. The van der Waals surface area contributed by atoms with E-state index >= 15 is 0 Å². The number of guanidine groups is 1. The Morgan fingerprint density at radius 1 is 1.35 bits per heavy atom. The number of hydrogen-bond acceptors (Lipinski definition) is 4. The molecule has 1 unspecified atom stereocenters. The van der Waals surface area contributed by atoms with Crippen molar-refractivity contribution < 1.29 is 4.52 Å². The van der Waals surface area contributed by atoms with E-state index in [4.69, 9.17) is 4.52 Å². The predicted molar refractivity (Wildman–Crippen MR) is 96.2 cm³/mol. The largest absolute Gasteiger partial charge is 0.361 e. The molecule has 0 aromatic carbocycles. The SMILES string of the molecule is CCc1noc(CC)c1CNC(=NC)NCC(C)c1ccsc1. The third-order valence-electron chi connectivity index (χ3n) is 3.95. The Balaban J connectivity index is 1.89. The fourth-order valence-electron chi connectivity index (χ4n) is 2.45. The van der Waals surface area contributed by atoms with Crippen molar-refractivity contribution in [3.63, 3.8) is 0 Å². The molecule has 2 heterocycles. The van der Waals surface area contributed by atoms with Crippen molar-refractivity contribution in [2.45, 2.75) is 46.1 Å². The highest BCUT2D eigenvalue weighted by atomic mass is 32.1. The van der Waals surface area contributed by atoms with Crippen molar-refractivity contribution in [1.82, 2.24) is 15.8 Å². The summed E-state index contributed by atoms with van der Waals surface area (Å²) < 4.78 is 5.40. The highest BCUT2D eigenvalue weighted by Gasteiger charge is 2.14. The van der Waals surface area contributed by atoms with Crippen molar-refractivity contribution in [3.8, 4) is 0 Å². The Kier molecular flexibility index (Phi) is 6.65. The van der Waals surface area contributed by atoms with Crippen molar-refractivity contribution in [1.29, 1.82) is 0 Å². The van der Waals surface area contributed by atoms with Crippen LogP contribution in [0.25, 0.3) is 0 Å². The van der Waals surface area contributed by atoms with Crippen LogP contribution in [0.3, 0.4) is 0 Å². The molecule has 0 aliphatic rings. The van der Waals surface area contributed by atoms with Crippen LogP contribution in [0.5, 0.6) is 0 Å². The van der Waals surface area contributed by atoms with E-state index < -0.39 is 0 Å². The molecule has 0 radical (unpaired) electrons. The molecule has 5 nitrogen and oxygen atoms in total. The molecule has 0 spiro atoms. The van der Waals surface area contributed by atoms with Gasteiger partial charge in [-0.15, -0.1) is 0 Å². The summed E-state index contributed by atoms with van der Waals surface area (Å²) in [5, 5.41) is 15.2.